The molecule has 0 atom stereocenters. The number of anilines is 1. The number of aromatic nitrogens is 1. The van der Waals surface area contributed by atoms with Crippen molar-refractivity contribution in [3.05, 3.63) is 42.0 Å². The first-order valence-electron chi connectivity index (χ1n) is 9.93. The summed E-state index contributed by atoms with van der Waals surface area (Å²) in [5.41, 5.74) is 2.00. The fourth-order valence-electron chi connectivity index (χ4n) is 3.78. The molecular formula is C21H25N3O6S. The number of oxazole rings is 1. The fraction of sp³-hybridized carbons (Fsp3) is 0.381. The first-order chi connectivity index (χ1) is 14.9. The lowest BCUT2D eigenvalue weighted by Crippen LogP contribution is -2.38. The number of hydrogen-bond donors (Lipinski definition) is 2. The highest BCUT2D eigenvalue weighted by atomic mass is 32.2. The molecule has 4 rings (SSSR count). The summed E-state index contributed by atoms with van der Waals surface area (Å²) in [5, 5.41) is 3.29. The zero-order valence-corrected chi connectivity index (χ0v) is 18.2. The number of rotatable bonds is 7. The molecule has 1 fully saturated rings. The first-order valence-corrected chi connectivity index (χ1v) is 11.4. The van der Waals surface area contributed by atoms with E-state index in [9.17, 15) is 13.0 Å². The molecule has 2 aromatic carbocycles. The van der Waals surface area contributed by atoms with E-state index < -0.39 is 10.1 Å². The molecule has 10 heteroatoms. The van der Waals surface area contributed by atoms with Crippen LogP contribution in [0, 0.1) is 0 Å². The van der Waals surface area contributed by atoms with Gasteiger partial charge in [-0.25, -0.2) is 0 Å². The maximum absolute atomic E-state index is 11.3. The van der Waals surface area contributed by atoms with Gasteiger partial charge in [-0.2, -0.15) is 13.4 Å². The predicted octanol–water partition coefficient (Wildman–Crippen LogP) is 3.17. The highest BCUT2D eigenvalue weighted by Crippen LogP contribution is 2.29. The minimum atomic E-state index is -4.28. The number of methoxy groups -OCH3 is 2. The third-order valence-corrected chi connectivity index (χ3v) is 6.28. The molecule has 31 heavy (non-hydrogen) atoms. The number of fused-ring (bicyclic) bond motifs is 1. The average Bonchev–Trinajstić information content (AvgIpc) is 3.16. The summed E-state index contributed by atoms with van der Waals surface area (Å²) in [7, 11) is -1.02. The first kappa shape index (κ1) is 21.4. The van der Waals surface area contributed by atoms with Crippen LogP contribution in [0.4, 0.5) is 6.01 Å². The minimum Gasteiger partial charge on any atom is -0.493 e. The van der Waals surface area contributed by atoms with Gasteiger partial charge in [-0.3, -0.25) is 9.45 Å². The highest BCUT2D eigenvalue weighted by molar-refractivity contribution is 7.85. The van der Waals surface area contributed by atoms with Crippen molar-refractivity contribution in [2.75, 3.05) is 32.6 Å². The molecule has 0 spiro atoms. The molecule has 1 aliphatic heterocycles. The van der Waals surface area contributed by atoms with Gasteiger partial charge in [-0.1, -0.05) is 6.07 Å². The molecule has 0 bridgehead atoms. The van der Waals surface area contributed by atoms with Crippen molar-refractivity contribution in [1.29, 1.82) is 0 Å². The maximum Gasteiger partial charge on any atom is 0.295 e. The van der Waals surface area contributed by atoms with Crippen LogP contribution in [-0.4, -0.2) is 56.2 Å². The second kappa shape index (κ2) is 8.74. The molecule has 2 heterocycles. The number of nitrogens with one attached hydrogen (secondary N) is 1. The second-order valence-corrected chi connectivity index (χ2v) is 8.93. The van der Waals surface area contributed by atoms with Crippen LogP contribution in [0.3, 0.4) is 0 Å². The summed E-state index contributed by atoms with van der Waals surface area (Å²) in [6.45, 7) is 2.66. The summed E-state index contributed by atoms with van der Waals surface area (Å²) >= 11 is 0. The van der Waals surface area contributed by atoms with Crippen molar-refractivity contribution in [2.45, 2.75) is 30.3 Å². The zero-order chi connectivity index (χ0) is 22.0. The van der Waals surface area contributed by atoms with E-state index in [-0.39, 0.29) is 10.9 Å². The van der Waals surface area contributed by atoms with Crippen LogP contribution in [0.25, 0.3) is 11.1 Å². The molecule has 0 saturated carbocycles. The molecule has 0 amide bonds. The summed E-state index contributed by atoms with van der Waals surface area (Å²) in [6, 6.07) is 10.6. The molecule has 0 unspecified atom stereocenters. The van der Waals surface area contributed by atoms with Crippen molar-refractivity contribution in [2.24, 2.45) is 0 Å². The van der Waals surface area contributed by atoms with Gasteiger partial charge in [0.15, 0.2) is 17.1 Å². The predicted molar refractivity (Wildman–Crippen MR) is 115 cm³/mol. The number of nitrogens with zero attached hydrogens (tertiary/aromatic N) is 2. The average molecular weight is 448 g/mol. The Morgan fingerprint density at radius 3 is 2.55 bits per heavy atom. The molecule has 0 aliphatic carbocycles. The minimum absolute atomic E-state index is 0.204. The molecular weight excluding hydrogens is 422 g/mol. The van der Waals surface area contributed by atoms with Crippen molar-refractivity contribution in [3.63, 3.8) is 0 Å². The highest BCUT2D eigenvalue weighted by Gasteiger charge is 2.21. The van der Waals surface area contributed by atoms with Crippen molar-refractivity contribution >= 4 is 27.2 Å². The number of piperidine rings is 1. The molecule has 0 radical (unpaired) electrons. The van der Waals surface area contributed by atoms with E-state index in [0.717, 1.165) is 49.5 Å². The SMILES string of the molecule is COc1ccc(CN2CCC(Nc3nc4cc(S(=O)(=O)O)ccc4o3)CC2)cc1OC. The van der Waals surface area contributed by atoms with Gasteiger partial charge >= 0.3 is 0 Å². The summed E-state index contributed by atoms with van der Waals surface area (Å²) in [5.74, 6) is 1.45. The van der Waals surface area contributed by atoms with E-state index in [1.54, 1.807) is 14.2 Å². The van der Waals surface area contributed by atoms with Crippen LogP contribution in [0.1, 0.15) is 18.4 Å². The molecule has 9 nitrogen and oxygen atoms in total. The van der Waals surface area contributed by atoms with Gasteiger partial charge in [0.05, 0.1) is 19.1 Å². The standard InChI is InChI=1S/C21H25N3O6S/c1-28-19-5-3-14(11-20(19)29-2)13-24-9-7-15(8-10-24)22-21-23-17-12-16(31(25,26)27)4-6-18(17)30-21/h3-6,11-12,15H,7-10,13H2,1-2H3,(H,22,23)(H,25,26,27). The Morgan fingerprint density at radius 1 is 1.13 bits per heavy atom. The third kappa shape index (κ3) is 4.92. The maximum atomic E-state index is 11.3. The summed E-state index contributed by atoms with van der Waals surface area (Å²) < 4.78 is 48.1. The lowest BCUT2D eigenvalue weighted by Gasteiger charge is -2.32. The fourth-order valence-corrected chi connectivity index (χ4v) is 4.28. The van der Waals surface area contributed by atoms with Gasteiger partial charge in [-0.15, -0.1) is 0 Å². The van der Waals surface area contributed by atoms with Gasteiger partial charge < -0.3 is 19.2 Å². The van der Waals surface area contributed by atoms with Crippen LogP contribution in [0.15, 0.2) is 45.7 Å². The Hall–Kier alpha value is -2.82. The molecule has 3 aromatic rings. The molecule has 2 N–H and O–H groups in total. The zero-order valence-electron chi connectivity index (χ0n) is 17.4. The Morgan fingerprint density at radius 2 is 1.87 bits per heavy atom. The normalized spacial score (nSPS) is 15.8. The van der Waals surface area contributed by atoms with Crippen molar-refractivity contribution in [1.82, 2.24) is 9.88 Å². The summed E-state index contributed by atoms with van der Waals surface area (Å²) in [6.07, 6.45) is 1.84. The van der Waals surface area contributed by atoms with Crippen LogP contribution in [-0.2, 0) is 16.7 Å². The lowest BCUT2D eigenvalue weighted by atomic mass is 10.0. The Balaban J connectivity index is 1.35. The lowest BCUT2D eigenvalue weighted by molar-refractivity contribution is 0.210. The van der Waals surface area contributed by atoms with Crippen LogP contribution >= 0.6 is 0 Å². The summed E-state index contributed by atoms with van der Waals surface area (Å²) in [4.78, 5) is 6.48. The van der Waals surface area contributed by atoms with Crippen molar-refractivity contribution < 1.29 is 26.9 Å². The van der Waals surface area contributed by atoms with E-state index in [4.69, 9.17) is 13.9 Å². The van der Waals surface area contributed by atoms with Gasteiger partial charge in [0.1, 0.15) is 5.52 Å². The Kier molecular flexibility index (Phi) is 6.03. The van der Waals surface area contributed by atoms with E-state index in [1.807, 2.05) is 18.2 Å². The Labute approximate surface area is 180 Å². The smallest absolute Gasteiger partial charge is 0.295 e. The number of hydrogen-bond acceptors (Lipinski definition) is 8. The Bertz CT molecular complexity index is 1170. The molecule has 166 valence electrons. The molecule has 1 aliphatic rings. The largest absolute Gasteiger partial charge is 0.493 e. The van der Waals surface area contributed by atoms with E-state index in [1.165, 1.54) is 18.2 Å². The molecule has 1 saturated heterocycles. The number of ether oxygens (including phenoxy) is 2. The second-order valence-electron chi connectivity index (χ2n) is 7.51. The quantitative estimate of drug-likeness (QED) is 0.527. The molecule has 1 aromatic heterocycles. The number of benzene rings is 2. The van der Waals surface area contributed by atoms with Gasteiger partial charge in [0.25, 0.3) is 16.1 Å². The third-order valence-electron chi connectivity index (χ3n) is 5.43. The van der Waals surface area contributed by atoms with E-state index >= 15 is 0 Å². The number of likely N-dealkylation sites (tertiary alicyclic amines) is 1. The van der Waals surface area contributed by atoms with E-state index in [2.05, 4.69) is 15.2 Å². The van der Waals surface area contributed by atoms with Gasteiger partial charge in [0, 0.05) is 25.7 Å². The van der Waals surface area contributed by atoms with E-state index in [0.29, 0.717) is 17.1 Å². The topological polar surface area (TPSA) is 114 Å². The van der Waals surface area contributed by atoms with Crippen molar-refractivity contribution in [3.8, 4) is 11.5 Å². The van der Waals surface area contributed by atoms with Crippen LogP contribution in [0.5, 0.6) is 11.5 Å². The van der Waals surface area contributed by atoms with Gasteiger partial charge in [0.2, 0.25) is 0 Å². The van der Waals surface area contributed by atoms with Crippen LogP contribution < -0.4 is 14.8 Å². The van der Waals surface area contributed by atoms with Gasteiger partial charge in [-0.05, 0) is 48.7 Å². The van der Waals surface area contributed by atoms with Crippen LogP contribution in [0.2, 0.25) is 0 Å². The monoisotopic (exact) mass is 447 g/mol.